The smallest absolute Gasteiger partial charge is 0.301 e. The predicted octanol–water partition coefficient (Wildman–Crippen LogP) is 1.74. The van der Waals surface area contributed by atoms with Crippen LogP contribution in [-0.2, 0) is 35.7 Å². The summed E-state index contributed by atoms with van der Waals surface area (Å²) in [5.41, 5.74) is 11.4. The standard InChI is InChI=1S/C18H22N4O4S/c1-22(2)27(24,25)17-15(16(19)23)26-18(21-17)20-14-12-7-3-5-10(12)9-11-6-4-8-13(11)14/h9H,3-8H2,1-2H3,(H2,19,23)(H,20,21). The summed E-state index contributed by atoms with van der Waals surface area (Å²) in [6, 6.07) is 2.26. The van der Waals surface area contributed by atoms with E-state index in [4.69, 9.17) is 10.2 Å². The second-order valence-corrected chi connectivity index (χ2v) is 9.23. The van der Waals surface area contributed by atoms with E-state index in [1.165, 1.54) is 36.3 Å². The Morgan fingerprint density at radius 3 is 2.26 bits per heavy atom. The van der Waals surface area contributed by atoms with Crippen LogP contribution in [0.2, 0.25) is 0 Å². The highest BCUT2D eigenvalue weighted by molar-refractivity contribution is 7.89. The SMILES string of the molecule is CN(C)S(=O)(=O)c1nc(Nc2c3c(cc4c2CCC4)CCC3)oc1C(N)=O. The molecule has 2 aromatic rings. The van der Waals surface area contributed by atoms with Gasteiger partial charge in [0.1, 0.15) is 0 Å². The minimum atomic E-state index is -3.96. The lowest BCUT2D eigenvalue weighted by atomic mass is 9.99. The number of amides is 1. The van der Waals surface area contributed by atoms with Gasteiger partial charge in [-0.3, -0.25) is 4.79 Å². The molecule has 27 heavy (non-hydrogen) atoms. The average molecular weight is 390 g/mol. The zero-order valence-electron chi connectivity index (χ0n) is 15.3. The average Bonchev–Trinajstić information content (AvgIpc) is 3.32. The number of benzene rings is 1. The van der Waals surface area contributed by atoms with Crippen molar-refractivity contribution in [1.82, 2.24) is 9.29 Å². The minimum Gasteiger partial charge on any atom is -0.417 e. The molecule has 0 unspecified atom stereocenters. The van der Waals surface area contributed by atoms with Gasteiger partial charge < -0.3 is 15.5 Å². The first-order chi connectivity index (χ1) is 12.8. The Bertz CT molecular complexity index is 1010. The lowest BCUT2D eigenvalue weighted by molar-refractivity contribution is 0.0970. The molecule has 1 aromatic heterocycles. The lowest BCUT2D eigenvalue weighted by Crippen LogP contribution is -2.25. The summed E-state index contributed by atoms with van der Waals surface area (Å²) >= 11 is 0. The summed E-state index contributed by atoms with van der Waals surface area (Å²) in [5, 5.41) is 2.70. The molecule has 0 bridgehead atoms. The highest BCUT2D eigenvalue weighted by Gasteiger charge is 2.32. The van der Waals surface area contributed by atoms with Crippen LogP contribution in [0.1, 0.15) is 45.7 Å². The molecule has 0 fully saturated rings. The minimum absolute atomic E-state index is 0.0291. The number of fused-ring (bicyclic) bond motifs is 2. The molecule has 4 rings (SSSR count). The van der Waals surface area contributed by atoms with Crippen LogP contribution in [0.5, 0.6) is 0 Å². The van der Waals surface area contributed by atoms with E-state index < -0.39 is 26.7 Å². The first kappa shape index (κ1) is 18.0. The monoisotopic (exact) mass is 390 g/mol. The fraction of sp³-hybridized carbons (Fsp3) is 0.444. The van der Waals surface area contributed by atoms with Gasteiger partial charge in [-0.15, -0.1) is 0 Å². The van der Waals surface area contributed by atoms with Gasteiger partial charge in [0.05, 0.1) is 0 Å². The molecule has 1 heterocycles. The van der Waals surface area contributed by atoms with Crippen molar-refractivity contribution in [3.63, 3.8) is 0 Å². The number of anilines is 2. The van der Waals surface area contributed by atoms with E-state index in [1.807, 2.05) is 0 Å². The van der Waals surface area contributed by atoms with Gasteiger partial charge in [-0.1, -0.05) is 6.07 Å². The second kappa shape index (κ2) is 6.35. The van der Waals surface area contributed by atoms with Crippen molar-refractivity contribution in [1.29, 1.82) is 0 Å². The largest absolute Gasteiger partial charge is 0.417 e. The third-order valence-corrected chi connectivity index (χ3v) is 6.98. The van der Waals surface area contributed by atoms with Crippen LogP contribution in [0.25, 0.3) is 0 Å². The number of nitrogens with two attached hydrogens (primary N) is 1. The number of primary amides is 1. The normalized spacial score (nSPS) is 15.8. The molecular formula is C18H22N4O4S. The lowest BCUT2D eigenvalue weighted by Gasteiger charge is -2.14. The van der Waals surface area contributed by atoms with E-state index in [0.717, 1.165) is 48.5 Å². The first-order valence-electron chi connectivity index (χ1n) is 8.95. The van der Waals surface area contributed by atoms with Crippen molar-refractivity contribution in [2.45, 2.75) is 43.6 Å². The maximum Gasteiger partial charge on any atom is 0.301 e. The van der Waals surface area contributed by atoms with Crippen LogP contribution in [0, 0.1) is 0 Å². The molecule has 0 radical (unpaired) electrons. The van der Waals surface area contributed by atoms with E-state index in [2.05, 4.69) is 16.4 Å². The quantitative estimate of drug-likeness (QED) is 0.803. The summed E-state index contributed by atoms with van der Waals surface area (Å²) in [4.78, 5) is 15.8. The van der Waals surface area contributed by atoms with Gasteiger partial charge in [-0.05, 0) is 60.8 Å². The van der Waals surface area contributed by atoms with Crippen molar-refractivity contribution in [2.24, 2.45) is 5.73 Å². The Morgan fingerprint density at radius 1 is 1.15 bits per heavy atom. The number of carbonyl (C=O) groups is 1. The molecule has 3 N–H and O–H groups in total. The molecule has 2 aliphatic carbocycles. The summed E-state index contributed by atoms with van der Waals surface area (Å²) in [6.07, 6.45) is 6.16. The number of nitrogens with zero attached hydrogens (tertiary/aromatic N) is 2. The number of oxazole rings is 1. The Balaban J connectivity index is 1.81. The molecule has 0 atom stereocenters. The highest BCUT2D eigenvalue weighted by Crippen LogP contribution is 2.40. The highest BCUT2D eigenvalue weighted by atomic mass is 32.2. The third-order valence-electron chi connectivity index (χ3n) is 5.25. The molecule has 144 valence electrons. The summed E-state index contributed by atoms with van der Waals surface area (Å²) in [7, 11) is -1.24. The number of hydrogen-bond acceptors (Lipinski definition) is 6. The van der Waals surface area contributed by atoms with Crippen molar-refractivity contribution < 1.29 is 17.6 Å². The van der Waals surface area contributed by atoms with Gasteiger partial charge in [0.2, 0.25) is 10.8 Å². The number of sulfonamides is 1. The van der Waals surface area contributed by atoms with E-state index in [-0.39, 0.29) is 6.01 Å². The maximum atomic E-state index is 12.5. The van der Waals surface area contributed by atoms with E-state index >= 15 is 0 Å². The number of aromatic nitrogens is 1. The fourth-order valence-electron chi connectivity index (χ4n) is 3.94. The van der Waals surface area contributed by atoms with Gasteiger partial charge in [0.25, 0.3) is 15.9 Å². The molecule has 0 aliphatic heterocycles. The zero-order valence-corrected chi connectivity index (χ0v) is 16.1. The number of carbonyl (C=O) groups excluding carboxylic acids is 1. The summed E-state index contributed by atoms with van der Waals surface area (Å²) in [5.74, 6) is -1.44. The van der Waals surface area contributed by atoms with Gasteiger partial charge in [-0.25, -0.2) is 12.7 Å². The first-order valence-corrected chi connectivity index (χ1v) is 10.4. The van der Waals surface area contributed by atoms with Crippen molar-refractivity contribution in [3.05, 3.63) is 34.1 Å². The molecule has 9 heteroatoms. The van der Waals surface area contributed by atoms with Crippen molar-refractivity contribution in [2.75, 3.05) is 19.4 Å². The maximum absolute atomic E-state index is 12.5. The summed E-state index contributed by atoms with van der Waals surface area (Å²) in [6.45, 7) is 0. The van der Waals surface area contributed by atoms with E-state index in [1.54, 1.807) is 0 Å². The Kier molecular flexibility index (Phi) is 4.23. The molecular weight excluding hydrogens is 368 g/mol. The van der Waals surface area contributed by atoms with Gasteiger partial charge in [-0.2, -0.15) is 4.98 Å². The van der Waals surface area contributed by atoms with E-state index in [9.17, 15) is 13.2 Å². The Labute approximate surface area is 157 Å². The second-order valence-electron chi connectivity index (χ2n) is 7.16. The molecule has 0 spiro atoms. The van der Waals surface area contributed by atoms with Crippen LogP contribution in [0.15, 0.2) is 15.5 Å². The van der Waals surface area contributed by atoms with E-state index in [0.29, 0.717) is 0 Å². The number of aryl methyl sites for hydroxylation is 2. The van der Waals surface area contributed by atoms with Crippen LogP contribution in [-0.4, -0.2) is 37.7 Å². The fourth-order valence-corrected chi connectivity index (χ4v) is 4.86. The predicted molar refractivity (Wildman–Crippen MR) is 99.7 cm³/mol. The number of nitrogens with one attached hydrogen (secondary N) is 1. The third kappa shape index (κ3) is 2.90. The Hall–Kier alpha value is -2.39. The van der Waals surface area contributed by atoms with Crippen LogP contribution >= 0.6 is 0 Å². The molecule has 8 nitrogen and oxygen atoms in total. The molecule has 1 amide bonds. The Morgan fingerprint density at radius 2 is 1.74 bits per heavy atom. The molecule has 0 saturated heterocycles. The van der Waals surface area contributed by atoms with Gasteiger partial charge in [0, 0.05) is 19.8 Å². The zero-order chi connectivity index (χ0) is 19.3. The molecule has 0 saturated carbocycles. The summed E-state index contributed by atoms with van der Waals surface area (Å²) < 4.78 is 31.3. The van der Waals surface area contributed by atoms with Crippen molar-refractivity contribution in [3.8, 4) is 0 Å². The number of hydrogen-bond donors (Lipinski definition) is 2. The topological polar surface area (TPSA) is 119 Å². The van der Waals surface area contributed by atoms with Crippen LogP contribution < -0.4 is 11.1 Å². The van der Waals surface area contributed by atoms with Gasteiger partial charge in [0.15, 0.2) is 0 Å². The number of rotatable bonds is 5. The van der Waals surface area contributed by atoms with Crippen LogP contribution in [0.4, 0.5) is 11.7 Å². The molecule has 2 aliphatic rings. The molecule has 1 aromatic carbocycles. The van der Waals surface area contributed by atoms with Gasteiger partial charge >= 0.3 is 6.01 Å². The van der Waals surface area contributed by atoms with Crippen LogP contribution in [0.3, 0.4) is 0 Å². The van der Waals surface area contributed by atoms with Crippen molar-refractivity contribution >= 4 is 27.6 Å².